The third kappa shape index (κ3) is 3.91. The number of amides is 3. The molecule has 0 saturated carbocycles. The Morgan fingerprint density at radius 3 is 2.69 bits per heavy atom. The third-order valence-electron chi connectivity index (χ3n) is 5.19. The molecule has 29 heavy (non-hydrogen) atoms. The number of pyridine rings is 1. The number of hydrogen-bond donors (Lipinski definition) is 1. The number of carbonyl (C=O) groups is 2. The van der Waals surface area contributed by atoms with Crippen LogP contribution in [0, 0.1) is 0 Å². The van der Waals surface area contributed by atoms with Crippen LogP contribution in [-0.4, -0.2) is 63.5 Å². The van der Waals surface area contributed by atoms with Gasteiger partial charge in [0.25, 0.3) is 5.91 Å². The smallest absolute Gasteiger partial charge is 0.319 e. The zero-order valence-electron chi connectivity index (χ0n) is 16.6. The first-order valence-corrected chi connectivity index (χ1v) is 9.66. The van der Waals surface area contributed by atoms with E-state index in [4.69, 9.17) is 0 Å². The second kappa shape index (κ2) is 7.90. The van der Waals surface area contributed by atoms with E-state index in [0.29, 0.717) is 30.8 Å². The van der Waals surface area contributed by atoms with E-state index in [9.17, 15) is 9.59 Å². The maximum Gasteiger partial charge on any atom is 0.319 e. The SMILES string of the molecule is CN(C)C(=O)N1CC[C@@H](c2nnc3ccc(C(=O)NCc4ccccc4)cn23)C1. The predicted octanol–water partition coefficient (Wildman–Crippen LogP) is 2.13. The maximum absolute atomic E-state index is 12.6. The molecule has 0 spiro atoms. The molecule has 0 bridgehead atoms. The lowest BCUT2D eigenvalue weighted by Gasteiger charge is -2.21. The molecule has 1 atom stereocenters. The van der Waals surface area contributed by atoms with Gasteiger partial charge < -0.3 is 15.1 Å². The Hall–Kier alpha value is -3.42. The molecule has 3 amide bonds. The van der Waals surface area contributed by atoms with Crippen molar-refractivity contribution in [2.24, 2.45) is 0 Å². The summed E-state index contributed by atoms with van der Waals surface area (Å²) in [5, 5.41) is 11.5. The maximum atomic E-state index is 12.6. The van der Waals surface area contributed by atoms with Gasteiger partial charge >= 0.3 is 6.03 Å². The third-order valence-corrected chi connectivity index (χ3v) is 5.19. The summed E-state index contributed by atoms with van der Waals surface area (Å²) in [7, 11) is 3.50. The molecule has 2 aromatic heterocycles. The quantitative estimate of drug-likeness (QED) is 0.737. The zero-order chi connectivity index (χ0) is 20.4. The first-order valence-electron chi connectivity index (χ1n) is 9.66. The van der Waals surface area contributed by atoms with E-state index in [0.717, 1.165) is 17.8 Å². The molecule has 8 heteroatoms. The fourth-order valence-electron chi connectivity index (χ4n) is 3.63. The molecule has 4 rings (SSSR count). The van der Waals surface area contributed by atoms with Gasteiger partial charge in [-0.2, -0.15) is 0 Å². The van der Waals surface area contributed by atoms with E-state index in [-0.39, 0.29) is 17.9 Å². The molecular weight excluding hydrogens is 368 g/mol. The van der Waals surface area contributed by atoms with Gasteiger partial charge in [-0.15, -0.1) is 10.2 Å². The van der Waals surface area contributed by atoms with Crippen molar-refractivity contribution in [3.05, 3.63) is 65.6 Å². The number of aromatic nitrogens is 3. The van der Waals surface area contributed by atoms with Crippen molar-refractivity contribution in [2.75, 3.05) is 27.2 Å². The van der Waals surface area contributed by atoms with Crippen LogP contribution in [0.1, 0.15) is 34.1 Å². The molecule has 150 valence electrons. The Bertz CT molecular complexity index is 1030. The van der Waals surface area contributed by atoms with Crippen LogP contribution in [0.15, 0.2) is 48.7 Å². The minimum atomic E-state index is -0.147. The fourth-order valence-corrected chi connectivity index (χ4v) is 3.63. The number of hydrogen-bond acceptors (Lipinski definition) is 4. The normalized spacial score (nSPS) is 16.2. The van der Waals surface area contributed by atoms with Crippen LogP contribution in [0.25, 0.3) is 5.65 Å². The molecule has 1 fully saturated rings. The van der Waals surface area contributed by atoms with E-state index in [2.05, 4.69) is 15.5 Å². The summed E-state index contributed by atoms with van der Waals surface area (Å²) in [6, 6.07) is 13.3. The van der Waals surface area contributed by atoms with Crippen molar-refractivity contribution in [3.8, 4) is 0 Å². The van der Waals surface area contributed by atoms with Crippen molar-refractivity contribution in [1.29, 1.82) is 0 Å². The topological polar surface area (TPSA) is 82.8 Å². The number of nitrogens with one attached hydrogen (secondary N) is 1. The zero-order valence-corrected chi connectivity index (χ0v) is 16.6. The molecule has 1 aliphatic rings. The molecule has 1 N–H and O–H groups in total. The Kier molecular flexibility index (Phi) is 5.16. The number of benzene rings is 1. The van der Waals surface area contributed by atoms with Gasteiger partial charge in [0.15, 0.2) is 5.65 Å². The summed E-state index contributed by atoms with van der Waals surface area (Å²) in [6.07, 6.45) is 2.60. The highest BCUT2D eigenvalue weighted by Crippen LogP contribution is 2.27. The number of urea groups is 1. The summed E-state index contributed by atoms with van der Waals surface area (Å²) in [4.78, 5) is 28.2. The lowest BCUT2D eigenvalue weighted by atomic mass is 10.1. The minimum absolute atomic E-state index is 0.00213. The summed E-state index contributed by atoms with van der Waals surface area (Å²) < 4.78 is 1.87. The summed E-state index contributed by atoms with van der Waals surface area (Å²) in [5.74, 6) is 0.731. The highest BCUT2D eigenvalue weighted by atomic mass is 16.2. The average molecular weight is 392 g/mol. The van der Waals surface area contributed by atoms with E-state index >= 15 is 0 Å². The Labute approximate surface area is 169 Å². The summed E-state index contributed by atoms with van der Waals surface area (Å²) in [6.45, 7) is 1.76. The van der Waals surface area contributed by atoms with Crippen LogP contribution < -0.4 is 5.32 Å². The molecule has 0 aliphatic carbocycles. The number of carbonyl (C=O) groups excluding carboxylic acids is 2. The van der Waals surface area contributed by atoms with Crippen molar-refractivity contribution in [1.82, 2.24) is 29.7 Å². The summed E-state index contributed by atoms with van der Waals surface area (Å²) >= 11 is 0. The lowest BCUT2D eigenvalue weighted by Crippen LogP contribution is -2.37. The molecule has 0 radical (unpaired) electrons. The van der Waals surface area contributed by atoms with E-state index in [1.165, 1.54) is 0 Å². The van der Waals surface area contributed by atoms with Crippen LogP contribution in [0.3, 0.4) is 0 Å². The van der Waals surface area contributed by atoms with Crippen LogP contribution >= 0.6 is 0 Å². The van der Waals surface area contributed by atoms with Gasteiger partial charge in [-0.3, -0.25) is 9.20 Å². The van der Waals surface area contributed by atoms with Crippen LogP contribution in [-0.2, 0) is 6.54 Å². The Balaban J connectivity index is 1.51. The first kappa shape index (κ1) is 18.9. The molecule has 1 aliphatic heterocycles. The van der Waals surface area contributed by atoms with E-state index in [1.807, 2.05) is 39.6 Å². The molecular formula is C21H24N6O2. The Morgan fingerprint density at radius 1 is 1.14 bits per heavy atom. The summed E-state index contributed by atoms with van der Waals surface area (Å²) in [5.41, 5.74) is 2.29. The van der Waals surface area contributed by atoms with Gasteiger partial charge in [0.2, 0.25) is 0 Å². The van der Waals surface area contributed by atoms with E-state index < -0.39 is 0 Å². The number of fused-ring (bicyclic) bond motifs is 1. The van der Waals surface area contributed by atoms with Gasteiger partial charge in [0.05, 0.1) is 5.56 Å². The lowest BCUT2D eigenvalue weighted by molar-refractivity contribution is 0.0950. The van der Waals surface area contributed by atoms with E-state index in [1.54, 1.807) is 37.3 Å². The molecule has 0 unspecified atom stereocenters. The predicted molar refractivity (Wildman–Crippen MR) is 109 cm³/mol. The second-order valence-electron chi connectivity index (χ2n) is 7.48. The van der Waals surface area contributed by atoms with Crippen molar-refractivity contribution in [3.63, 3.8) is 0 Å². The largest absolute Gasteiger partial charge is 0.348 e. The highest BCUT2D eigenvalue weighted by Gasteiger charge is 2.31. The number of likely N-dealkylation sites (tertiary alicyclic amines) is 1. The van der Waals surface area contributed by atoms with Crippen molar-refractivity contribution in [2.45, 2.75) is 18.9 Å². The molecule has 3 aromatic rings. The number of rotatable bonds is 4. The van der Waals surface area contributed by atoms with Crippen LogP contribution in [0.5, 0.6) is 0 Å². The van der Waals surface area contributed by atoms with Gasteiger partial charge in [-0.25, -0.2) is 4.79 Å². The molecule has 3 heterocycles. The highest BCUT2D eigenvalue weighted by molar-refractivity contribution is 5.94. The first-order chi connectivity index (χ1) is 14.0. The Morgan fingerprint density at radius 2 is 1.93 bits per heavy atom. The molecule has 1 aromatic carbocycles. The van der Waals surface area contributed by atoms with Crippen LogP contribution in [0.4, 0.5) is 4.79 Å². The number of nitrogens with zero attached hydrogens (tertiary/aromatic N) is 5. The average Bonchev–Trinajstić information content (AvgIpc) is 3.38. The minimum Gasteiger partial charge on any atom is -0.348 e. The van der Waals surface area contributed by atoms with Crippen molar-refractivity contribution < 1.29 is 9.59 Å². The second-order valence-corrected chi connectivity index (χ2v) is 7.48. The standard InChI is InChI=1S/C21H24N6O2/c1-25(2)21(29)26-11-10-16(13-26)19-24-23-18-9-8-17(14-27(18)19)20(28)22-12-15-6-4-3-5-7-15/h3-9,14,16H,10-13H2,1-2H3,(H,22,28)/t16-/m1/s1. The van der Waals surface area contributed by atoms with Gasteiger partial charge in [0.1, 0.15) is 5.82 Å². The van der Waals surface area contributed by atoms with Gasteiger partial charge in [-0.05, 0) is 24.1 Å². The van der Waals surface area contributed by atoms with Crippen molar-refractivity contribution >= 4 is 17.6 Å². The fraction of sp³-hybridized carbons (Fsp3) is 0.333. The van der Waals surface area contributed by atoms with Gasteiger partial charge in [0, 0.05) is 45.8 Å². The monoisotopic (exact) mass is 392 g/mol. The molecule has 1 saturated heterocycles. The molecule has 8 nitrogen and oxygen atoms in total. The van der Waals surface area contributed by atoms with Gasteiger partial charge in [-0.1, -0.05) is 30.3 Å². The van der Waals surface area contributed by atoms with Crippen LogP contribution in [0.2, 0.25) is 0 Å².